The number of carbonyl (C=O) groups is 2. The van der Waals surface area contributed by atoms with Gasteiger partial charge >= 0.3 is 0 Å². The minimum Gasteiger partial charge on any atom is -0.497 e. The Labute approximate surface area is 258 Å². The van der Waals surface area contributed by atoms with Crippen molar-refractivity contribution in [2.24, 2.45) is 0 Å². The maximum atomic E-state index is 14.2. The van der Waals surface area contributed by atoms with Gasteiger partial charge in [-0.3, -0.25) is 13.9 Å². The highest BCUT2D eigenvalue weighted by Gasteiger charge is 2.34. The molecule has 0 saturated heterocycles. The molecule has 2 atom stereocenters. The summed E-state index contributed by atoms with van der Waals surface area (Å²) in [6, 6.07) is 16.8. The molecule has 0 saturated carbocycles. The van der Waals surface area contributed by atoms with E-state index in [1.165, 1.54) is 24.1 Å². The second-order valence-electron chi connectivity index (χ2n) is 10.0. The molecule has 0 spiro atoms. The van der Waals surface area contributed by atoms with Crippen LogP contribution in [0, 0.1) is 6.92 Å². The predicted octanol–water partition coefficient (Wildman–Crippen LogP) is 6.23. The van der Waals surface area contributed by atoms with Crippen LogP contribution in [0.4, 0.5) is 5.69 Å². The summed E-state index contributed by atoms with van der Waals surface area (Å²) in [6.45, 7) is 6.97. The summed E-state index contributed by atoms with van der Waals surface area (Å²) in [6.07, 6.45) is 1.02. The molecule has 3 aromatic rings. The van der Waals surface area contributed by atoms with E-state index in [4.69, 9.17) is 27.9 Å². The Kier molecular flexibility index (Phi) is 11.7. The Morgan fingerprint density at radius 1 is 0.929 bits per heavy atom. The number of ether oxygens (including phenoxy) is 1. The van der Waals surface area contributed by atoms with Crippen LogP contribution in [0.3, 0.4) is 0 Å². The number of hydrogen-bond acceptors (Lipinski definition) is 5. The first kappa shape index (κ1) is 33.2. The minimum absolute atomic E-state index is 0.0171. The second kappa shape index (κ2) is 14.8. The molecule has 3 aromatic carbocycles. The van der Waals surface area contributed by atoms with Crippen LogP contribution in [0.25, 0.3) is 0 Å². The number of methoxy groups -OCH3 is 1. The van der Waals surface area contributed by atoms with Gasteiger partial charge in [0.15, 0.2) is 0 Å². The molecule has 0 heterocycles. The Balaban J connectivity index is 2.08. The molecular formula is C31H37Cl2N3O5S. The summed E-state index contributed by atoms with van der Waals surface area (Å²) in [4.78, 5) is 29.0. The third-order valence-corrected chi connectivity index (χ3v) is 9.50. The predicted molar refractivity (Wildman–Crippen MR) is 168 cm³/mol. The van der Waals surface area contributed by atoms with E-state index in [-0.39, 0.29) is 29.1 Å². The van der Waals surface area contributed by atoms with E-state index in [2.05, 4.69) is 5.32 Å². The van der Waals surface area contributed by atoms with Crippen LogP contribution in [-0.4, -0.2) is 50.9 Å². The molecule has 2 amide bonds. The van der Waals surface area contributed by atoms with Crippen molar-refractivity contribution in [1.29, 1.82) is 0 Å². The molecule has 0 bridgehead atoms. The van der Waals surface area contributed by atoms with Gasteiger partial charge < -0.3 is 15.0 Å². The van der Waals surface area contributed by atoms with Gasteiger partial charge in [-0.1, -0.05) is 60.8 Å². The molecule has 0 aliphatic rings. The lowest BCUT2D eigenvalue weighted by molar-refractivity contribution is -0.140. The zero-order valence-electron chi connectivity index (χ0n) is 24.4. The summed E-state index contributed by atoms with van der Waals surface area (Å²) in [5.74, 6) is -0.344. The number of nitrogens with zero attached hydrogens (tertiary/aromatic N) is 2. The Morgan fingerprint density at radius 3 is 2.12 bits per heavy atom. The lowest BCUT2D eigenvalue weighted by atomic mass is 10.1. The van der Waals surface area contributed by atoms with E-state index >= 15 is 0 Å². The summed E-state index contributed by atoms with van der Waals surface area (Å²) >= 11 is 12.4. The number of halogens is 2. The Morgan fingerprint density at radius 2 is 1.57 bits per heavy atom. The summed E-state index contributed by atoms with van der Waals surface area (Å²) in [7, 11) is -2.66. The van der Waals surface area contributed by atoms with Crippen molar-refractivity contribution >= 4 is 50.7 Å². The van der Waals surface area contributed by atoms with Crippen LogP contribution in [0.5, 0.6) is 5.75 Å². The number of hydrogen-bond donors (Lipinski definition) is 1. The van der Waals surface area contributed by atoms with Crippen molar-refractivity contribution in [3.8, 4) is 5.75 Å². The van der Waals surface area contributed by atoms with Crippen molar-refractivity contribution in [3.63, 3.8) is 0 Å². The van der Waals surface area contributed by atoms with Crippen LogP contribution in [0.1, 0.15) is 44.7 Å². The van der Waals surface area contributed by atoms with Gasteiger partial charge in [0.25, 0.3) is 10.0 Å². The van der Waals surface area contributed by atoms with Gasteiger partial charge in [0.05, 0.1) is 27.7 Å². The number of aryl methyl sites for hydroxylation is 1. The van der Waals surface area contributed by atoms with Gasteiger partial charge in [0.2, 0.25) is 11.8 Å². The van der Waals surface area contributed by atoms with Gasteiger partial charge in [-0.25, -0.2) is 8.42 Å². The van der Waals surface area contributed by atoms with E-state index < -0.39 is 28.5 Å². The molecule has 0 radical (unpaired) electrons. The molecule has 8 nitrogen and oxygen atoms in total. The molecule has 11 heteroatoms. The minimum atomic E-state index is -4.17. The summed E-state index contributed by atoms with van der Waals surface area (Å²) < 4.78 is 34.2. The van der Waals surface area contributed by atoms with Crippen molar-refractivity contribution in [2.45, 2.75) is 64.1 Å². The van der Waals surface area contributed by atoms with Gasteiger partial charge in [-0.05, 0) is 80.8 Å². The van der Waals surface area contributed by atoms with Crippen molar-refractivity contribution in [2.75, 3.05) is 18.0 Å². The Bertz CT molecular complexity index is 1480. The Hall–Kier alpha value is -3.27. The SMILES string of the molecule is CC[C@@H](C)NC(=O)[C@@H](CC)N(Cc1ccc(Cl)c(Cl)c1)C(=O)CN(c1ccc(OC)cc1)S(=O)(=O)c1ccc(C)cc1. The van der Waals surface area contributed by atoms with Crippen LogP contribution in [0.2, 0.25) is 10.0 Å². The maximum absolute atomic E-state index is 14.2. The topological polar surface area (TPSA) is 96.0 Å². The molecule has 226 valence electrons. The van der Waals surface area contributed by atoms with Gasteiger partial charge in [0, 0.05) is 12.6 Å². The monoisotopic (exact) mass is 633 g/mol. The highest BCUT2D eigenvalue weighted by atomic mass is 35.5. The van der Waals surface area contributed by atoms with Crippen LogP contribution >= 0.6 is 23.2 Å². The van der Waals surface area contributed by atoms with E-state index in [0.29, 0.717) is 34.2 Å². The summed E-state index contributed by atoms with van der Waals surface area (Å²) in [5, 5.41) is 3.62. The van der Waals surface area contributed by atoms with E-state index in [0.717, 1.165) is 9.87 Å². The van der Waals surface area contributed by atoms with Crippen molar-refractivity contribution in [1.82, 2.24) is 10.2 Å². The average molecular weight is 635 g/mol. The first-order valence-electron chi connectivity index (χ1n) is 13.7. The van der Waals surface area contributed by atoms with E-state index in [1.807, 2.05) is 20.8 Å². The van der Waals surface area contributed by atoms with Gasteiger partial charge in [-0.2, -0.15) is 0 Å². The highest BCUT2D eigenvalue weighted by molar-refractivity contribution is 7.92. The quantitative estimate of drug-likeness (QED) is 0.241. The lowest BCUT2D eigenvalue weighted by Gasteiger charge is -2.33. The molecule has 0 aromatic heterocycles. The number of anilines is 1. The van der Waals surface area contributed by atoms with E-state index in [1.54, 1.807) is 61.5 Å². The second-order valence-corrected chi connectivity index (χ2v) is 12.7. The number of rotatable bonds is 13. The highest BCUT2D eigenvalue weighted by Crippen LogP contribution is 2.28. The van der Waals surface area contributed by atoms with Crippen molar-refractivity contribution in [3.05, 3.63) is 87.9 Å². The maximum Gasteiger partial charge on any atom is 0.264 e. The number of benzene rings is 3. The zero-order chi connectivity index (χ0) is 31.0. The molecule has 0 fully saturated rings. The molecule has 3 rings (SSSR count). The van der Waals surface area contributed by atoms with Gasteiger partial charge in [0.1, 0.15) is 18.3 Å². The normalized spacial score (nSPS) is 12.7. The third-order valence-electron chi connectivity index (χ3n) is 6.97. The standard InChI is InChI=1S/C31H37Cl2N3O5S/c1-6-22(4)34-31(38)29(7-2)35(19-23-10-17-27(32)28(33)18-23)30(37)20-36(24-11-13-25(41-5)14-12-24)42(39,40)26-15-8-21(3)9-16-26/h8-18,22,29H,6-7,19-20H2,1-5H3,(H,34,38)/t22-,29-/m1/s1. The van der Waals surface area contributed by atoms with Crippen LogP contribution in [-0.2, 0) is 26.2 Å². The first-order valence-corrected chi connectivity index (χ1v) is 15.9. The number of amides is 2. The zero-order valence-corrected chi connectivity index (χ0v) is 26.8. The average Bonchev–Trinajstić information content (AvgIpc) is 2.97. The van der Waals surface area contributed by atoms with E-state index in [9.17, 15) is 18.0 Å². The smallest absolute Gasteiger partial charge is 0.264 e. The largest absolute Gasteiger partial charge is 0.497 e. The molecule has 0 aliphatic heterocycles. The third kappa shape index (κ3) is 8.18. The first-order chi connectivity index (χ1) is 19.9. The number of carbonyl (C=O) groups excluding carboxylic acids is 2. The fraction of sp³-hybridized carbons (Fsp3) is 0.355. The molecular weight excluding hydrogens is 597 g/mol. The molecule has 0 aliphatic carbocycles. The molecule has 42 heavy (non-hydrogen) atoms. The molecule has 0 unspecified atom stereocenters. The van der Waals surface area contributed by atoms with Crippen LogP contribution < -0.4 is 14.4 Å². The summed E-state index contributed by atoms with van der Waals surface area (Å²) in [5.41, 5.74) is 1.81. The molecule has 1 N–H and O–H groups in total. The number of sulfonamides is 1. The van der Waals surface area contributed by atoms with Gasteiger partial charge in [-0.15, -0.1) is 0 Å². The lowest BCUT2D eigenvalue weighted by Crippen LogP contribution is -2.53. The van der Waals surface area contributed by atoms with Crippen molar-refractivity contribution < 1.29 is 22.7 Å². The van der Waals surface area contributed by atoms with Crippen LogP contribution in [0.15, 0.2) is 71.6 Å². The fourth-order valence-electron chi connectivity index (χ4n) is 4.31. The number of nitrogens with one attached hydrogen (secondary N) is 1. The fourth-order valence-corrected chi connectivity index (χ4v) is 6.04.